The van der Waals surface area contributed by atoms with Crippen LogP contribution >= 0.6 is 0 Å². The lowest BCUT2D eigenvalue weighted by Gasteiger charge is -2.32. The van der Waals surface area contributed by atoms with Gasteiger partial charge in [-0.2, -0.15) is 18.3 Å². The van der Waals surface area contributed by atoms with Gasteiger partial charge < -0.3 is 4.74 Å². The number of ether oxygens (including phenoxy) is 1. The first-order valence-corrected chi connectivity index (χ1v) is 10.8. The molecule has 0 radical (unpaired) electrons. The van der Waals surface area contributed by atoms with Crippen LogP contribution in [0.5, 0.6) is 0 Å². The Morgan fingerprint density at radius 1 is 1.16 bits per heavy atom. The number of halogens is 3. The largest absolute Gasteiger partial charge is 0.416 e. The molecule has 0 unspecified atom stereocenters. The molecule has 170 valence electrons. The van der Waals surface area contributed by atoms with Gasteiger partial charge in [0.1, 0.15) is 6.10 Å². The maximum absolute atomic E-state index is 12.9. The molecular weight excluding hydrogens is 417 g/mol. The van der Waals surface area contributed by atoms with Crippen LogP contribution in [0.1, 0.15) is 46.7 Å². The minimum atomic E-state index is -4.34. The molecule has 0 bridgehead atoms. The molecule has 3 heterocycles. The second kappa shape index (κ2) is 9.42. The minimum absolute atomic E-state index is 0.132. The number of aryl methyl sites for hydroxylation is 2. The number of alkyl halides is 3. The monoisotopic (exact) mass is 444 g/mol. The van der Waals surface area contributed by atoms with E-state index in [1.165, 1.54) is 17.7 Å². The first-order valence-electron chi connectivity index (χ1n) is 10.8. The third-order valence-electron chi connectivity index (χ3n) is 5.76. The number of rotatable bonds is 6. The fourth-order valence-electron chi connectivity index (χ4n) is 3.97. The van der Waals surface area contributed by atoms with Crippen molar-refractivity contribution in [2.45, 2.75) is 45.6 Å². The summed E-state index contributed by atoms with van der Waals surface area (Å²) in [4.78, 5) is 6.90. The molecule has 0 N–H and O–H groups in total. The zero-order valence-electron chi connectivity index (χ0n) is 18.3. The van der Waals surface area contributed by atoms with E-state index in [2.05, 4.69) is 28.1 Å². The number of morpholine rings is 1. The van der Waals surface area contributed by atoms with Crippen LogP contribution in [0, 0.1) is 6.92 Å². The Hall–Kier alpha value is -2.71. The maximum atomic E-state index is 12.9. The quantitative estimate of drug-likeness (QED) is 0.548. The molecule has 0 amide bonds. The van der Waals surface area contributed by atoms with Crippen molar-refractivity contribution in [3.63, 3.8) is 0 Å². The third kappa shape index (κ3) is 5.37. The SMILES string of the molecule is CCn1cc(CN2CCO[C@@H](c3ccc(Cc4cccc(C(F)(F)F)c4)cn3)C2)c(C)n1. The Balaban J connectivity index is 1.39. The van der Waals surface area contributed by atoms with E-state index in [-0.39, 0.29) is 6.10 Å². The lowest BCUT2D eigenvalue weighted by Crippen LogP contribution is -2.38. The summed E-state index contributed by atoms with van der Waals surface area (Å²) in [5.74, 6) is 0. The Morgan fingerprint density at radius 3 is 2.69 bits per heavy atom. The van der Waals surface area contributed by atoms with Gasteiger partial charge in [0.15, 0.2) is 0 Å². The van der Waals surface area contributed by atoms with Crippen molar-refractivity contribution in [2.24, 2.45) is 0 Å². The normalized spacial score (nSPS) is 17.6. The van der Waals surface area contributed by atoms with Crippen LogP contribution < -0.4 is 0 Å². The van der Waals surface area contributed by atoms with Crippen LogP contribution in [0.2, 0.25) is 0 Å². The minimum Gasteiger partial charge on any atom is -0.369 e. The summed E-state index contributed by atoms with van der Waals surface area (Å²) in [6, 6.07) is 9.26. The van der Waals surface area contributed by atoms with Gasteiger partial charge in [0.05, 0.1) is 23.6 Å². The van der Waals surface area contributed by atoms with Crippen LogP contribution in [-0.4, -0.2) is 39.4 Å². The van der Waals surface area contributed by atoms with Gasteiger partial charge in [0.2, 0.25) is 0 Å². The van der Waals surface area contributed by atoms with E-state index in [0.29, 0.717) is 18.6 Å². The molecule has 3 aromatic rings. The second-order valence-corrected chi connectivity index (χ2v) is 8.16. The predicted molar refractivity (Wildman–Crippen MR) is 115 cm³/mol. The molecular formula is C24H27F3N4O. The van der Waals surface area contributed by atoms with E-state index in [1.807, 2.05) is 23.7 Å². The zero-order valence-corrected chi connectivity index (χ0v) is 18.3. The summed E-state index contributed by atoms with van der Waals surface area (Å²) < 4.78 is 46.7. The standard InChI is InChI=1S/C24H27F3N4O/c1-3-31-15-20(17(2)29-31)14-30-9-10-32-23(16-30)22-8-7-19(13-28-22)11-18-5-4-6-21(12-18)24(25,26)27/h4-8,12-13,15,23H,3,9-11,14,16H2,1-2H3/t23-/m1/s1. The van der Waals surface area contributed by atoms with Crippen LogP contribution in [0.25, 0.3) is 0 Å². The maximum Gasteiger partial charge on any atom is 0.416 e. The molecule has 1 fully saturated rings. The molecule has 1 aliphatic rings. The molecule has 1 aliphatic heterocycles. The van der Waals surface area contributed by atoms with Gasteiger partial charge in [-0.1, -0.05) is 24.3 Å². The summed E-state index contributed by atoms with van der Waals surface area (Å²) in [7, 11) is 0. The summed E-state index contributed by atoms with van der Waals surface area (Å²) >= 11 is 0. The van der Waals surface area contributed by atoms with E-state index in [0.717, 1.165) is 49.2 Å². The summed E-state index contributed by atoms with van der Waals surface area (Å²) in [6.45, 7) is 7.98. The molecule has 1 saturated heterocycles. The lowest BCUT2D eigenvalue weighted by molar-refractivity contribution is -0.137. The van der Waals surface area contributed by atoms with Crippen molar-refractivity contribution in [1.82, 2.24) is 19.7 Å². The van der Waals surface area contributed by atoms with Gasteiger partial charge in [-0.15, -0.1) is 0 Å². The molecule has 5 nitrogen and oxygen atoms in total. The van der Waals surface area contributed by atoms with E-state index in [1.54, 1.807) is 12.3 Å². The molecule has 0 aliphatic carbocycles. The Labute approximate surface area is 185 Å². The highest BCUT2D eigenvalue weighted by atomic mass is 19.4. The molecule has 32 heavy (non-hydrogen) atoms. The molecule has 1 atom stereocenters. The van der Waals surface area contributed by atoms with Crippen LogP contribution in [0.4, 0.5) is 13.2 Å². The number of hydrogen-bond donors (Lipinski definition) is 0. The van der Waals surface area contributed by atoms with Gasteiger partial charge in [0.25, 0.3) is 0 Å². The average molecular weight is 445 g/mol. The van der Waals surface area contributed by atoms with Gasteiger partial charge >= 0.3 is 6.18 Å². The number of hydrogen-bond acceptors (Lipinski definition) is 4. The molecule has 0 saturated carbocycles. The average Bonchev–Trinajstić information content (AvgIpc) is 3.13. The third-order valence-corrected chi connectivity index (χ3v) is 5.76. The topological polar surface area (TPSA) is 43.2 Å². The number of nitrogens with zero attached hydrogens (tertiary/aromatic N) is 4. The fraction of sp³-hybridized carbons (Fsp3) is 0.417. The van der Waals surface area contributed by atoms with Gasteiger partial charge in [-0.3, -0.25) is 14.6 Å². The van der Waals surface area contributed by atoms with E-state index in [9.17, 15) is 13.2 Å². The smallest absolute Gasteiger partial charge is 0.369 e. The fourth-order valence-corrected chi connectivity index (χ4v) is 3.97. The highest BCUT2D eigenvalue weighted by molar-refractivity contribution is 5.30. The highest BCUT2D eigenvalue weighted by Gasteiger charge is 2.30. The van der Waals surface area contributed by atoms with Crippen molar-refractivity contribution >= 4 is 0 Å². The van der Waals surface area contributed by atoms with E-state index >= 15 is 0 Å². The van der Waals surface area contributed by atoms with E-state index in [4.69, 9.17) is 4.74 Å². The van der Waals surface area contributed by atoms with Crippen LogP contribution in [-0.2, 0) is 30.4 Å². The van der Waals surface area contributed by atoms with Gasteiger partial charge in [0, 0.05) is 44.1 Å². The molecule has 4 rings (SSSR count). The van der Waals surface area contributed by atoms with Crippen LogP contribution in [0.3, 0.4) is 0 Å². The van der Waals surface area contributed by atoms with Gasteiger partial charge in [-0.05, 0) is 43.5 Å². The summed E-state index contributed by atoms with van der Waals surface area (Å²) in [5.41, 5.74) is 3.95. The van der Waals surface area contributed by atoms with Gasteiger partial charge in [-0.25, -0.2) is 0 Å². The molecule has 0 spiro atoms. The number of benzene rings is 1. The summed E-state index contributed by atoms with van der Waals surface area (Å²) in [5, 5.41) is 4.52. The predicted octanol–water partition coefficient (Wildman–Crippen LogP) is 4.79. The zero-order chi connectivity index (χ0) is 22.7. The van der Waals surface area contributed by atoms with Crippen molar-refractivity contribution in [1.29, 1.82) is 0 Å². The second-order valence-electron chi connectivity index (χ2n) is 8.16. The van der Waals surface area contributed by atoms with Crippen LogP contribution in [0.15, 0.2) is 48.8 Å². The Morgan fingerprint density at radius 2 is 2.00 bits per heavy atom. The van der Waals surface area contributed by atoms with Crippen molar-refractivity contribution in [3.8, 4) is 0 Å². The lowest BCUT2D eigenvalue weighted by atomic mass is 10.0. The molecule has 8 heteroatoms. The van der Waals surface area contributed by atoms with Crippen molar-refractivity contribution in [2.75, 3.05) is 19.7 Å². The van der Waals surface area contributed by atoms with Crippen molar-refractivity contribution < 1.29 is 17.9 Å². The first-order chi connectivity index (χ1) is 15.3. The number of aromatic nitrogens is 3. The number of pyridine rings is 1. The Kier molecular flexibility index (Phi) is 6.62. The highest BCUT2D eigenvalue weighted by Crippen LogP contribution is 2.30. The molecule has 2 aromatic heterocycles. The summed E-state index contributed by atoms with van der Waals surface area (Å²) in [6.07, 6.45) is -0.243. The van der Waals surface area contributed by atoms with Crippen molar-refractivity contribution in [3.05, 3.63) is 82.4 Å². The van der Waals surface area contributed by atoms with E-state index < -0.39 is 11.7 Å². The first kappa shape index (κ1) is 22.5. The Bertz CT molecular complexity index is 1050. The molecule has 1 aromatic carbocycles.